The Labute approximate surface area is 166 Å². The molecule has 2 fully saturated rings. The van der Waals surface area contributed by atoms with Gasteiger partial charge in [0, 0.05) is 31.9 Å². The monoisotopic (exact) mass is 396 g/mol. The number of benzene rings is 1. The van der Waals surface area contributed by atoms with Crippen LogP contribution in [0.1, 0.15) is 46.5 Å². The van der Waals surface area contributed by atoms with Crippen molar-refractivity contribution in [1.29, 1.82) is 0 Å². The Bertz CT molecular complexity index is 661. The molecule has 1 amide bonds. The quantitative estimate of drug-likeness (QED) is 0.676. The second-order valence-corrected chi connectivity index (χ2v) is 9.13. The molecule has 1 aromatic carbocycles. The maximum absolute atomic E-state index is 13.4. The van der Waals surface area contributed by atoms with Crippen molar-refractivity contribution in [3.63, 3.8) is 0 Å². The number of hydrogen-bond donors (Lipinski definition) is 0. The van der Waals surface area contributed by atoms with E-state index < -0.39 is 5.60 Å². The van der Waals surface area contributed by atoms with E-state index in [2.05, 4.69) is 4.90 Å². The van der Waals surface area contributed by atoms with Crippen molar-refractivity contribution in [1.82, 2.24) is 4.90 Å². The average Bonchev–Trinajstić information content (AvgIpc) is 2.63. The zero-order valence-electron chi connectivity index (χ0n) is 16.5. The predicted molar refractivity (Wildman–Crippen MR) is 107 cm³/mol. The van der Waals surface area contributed by atoms with Gasteiger partial charge in [0.15, 0.2) is 0 Å². The number of ether oxygens (including phenoxy) is 1. The molecular formula is C21H30ClFN2O2. The molecule has 1 aromatic rings. The van der Waals surface area contributed by atoms with E-state index in [-0.39, 0.29) is 16.9 Å². The molecule has 2 aliphatic rings. The molecule has 27 heavy (non-hydrogen) atoms. The lowest BCUT2D eigenvalue weighted by atomic mass is 9.79. The summed E-state index contributed by atoms with van der Waals surface area (Å²) in [4.78, 5) is 16.3. The molecule has 0 aromatic heterocycles. The molecule has 0 radical (unpaired) electrons. The van der Waals surface area contributed by atoms with E-state index in [1.807, 2.05) is 25.7 Å². The minimum Gasteiger partial charge on any atom is -0.444 e. The molecule has 0 spiro atoms. The summed E-state index contributed by atoms with van der Waals surface area (Å²) in [7, 11) is 0. The van der Waals surface area contributed by atoms with Crippen molar-refractivity contribution in [3.8, 4) is 0 Å². The highest BCUT2D eigenvalue weighted by atomic mass is 35.5. The van der Waals surface area contributed by atoms with Crippen LogP contribution in [0.3, 0.4) is 0 Å². The van der Waals surface area contributed by atoms with Gasteiger partial charge in [0.05, 0.1) is 5.02 Å². The summed E-state index contributed by atoms with van der Waals surface area (Å²) in [5, 5.41) is 0.184. The highest BCUT2D eigenvalue weighted by molar-refractivity contribution is 6.31. The van der Waals surface area contributed by atoms with Gasteiger partial charge in [-0.3, -0.25) is 0 Å². The molecular weight excluding hydrogens is 367 g/mol. The largest absolute Gasteiger partial charge is 0.444 e. The SMILES string of the molecule is CC(C)(C)OC(=O)N1CCC(C2CCN(c3ccc(F)c(Cl)c3)CC2)CC1. The first-order valence-electron chi connectivity index (χ1n) is 9.91. The summed E-state index contributed by atoms with van der Waals surface area (Å²) in [6, 6.07) is 4.97. The van der Waals surface area contributed by atoms with Crippen LogP contribution >= 0.6 is 11.6 Å². The first kappa shape index (κ1) is 20.2. The van der Waals surface area contributed by atoms with E-state index in [0.717, 1.165) is 57.5 Å². The van der Waals surface area contributed by atoms with E-state index in [0.29, 0.717) is 11.8 Å². The van der Waals surface area contributed by atoms with Crippen molar-refractivity contribution < 1.29 is 13.9 Å². The molecule has 3 rings (SSSR count). The fraction of sp³-hybridized carbons (Fsp3) is 0.667. The van der Waals surface area contributed by atoms with Crippen LogP contribution in [0.2, 0.25) is 5.02 Å². The van der Waals surface area contributed by atoms with Gasteiger partial charge in [-0.2, -0.15) is 0 Å². The van der Waals surface area contributed by atoms with Gasteiger partial charge in [0.25, 0.3) is 0 Å². The fourth-order valence-corrected chi connectivity index (χ4v) is 4.37. The number of anilines is 1. The topological polar surface area (TPSA) is 32.8 Å². The summed E-state index contributed by atoms with van der Waals surface area (Å²) >= 11 is 5.92. The van der Waals surface area contributed by atoms with Crippen molar-refractivity contribution in [3.05, 3.63) is 29.0 Å². The number of likely N-dealkylation sites (tertiary alicyclic amines) is 1. The predicted octanol–water partition coefficient (Wildman–Crippen LogP) is 5.34. The summed E-state index contributed by atoms with van der Waals surface area (Å²) in [6.45, 7) is 9.22. The molecule has 2 aliphatic heterocycles. The third kappa shape index (κ3) is 5.28. The molecule has 2 heterocycles. The Morgan fingerprint density at radius 2 is 1.63 bits per heavy atom. The molecule has 0 aliphatic carbocycles. The molecule has 0 saturated carbocycles. The number of hydrogen-bond acceptors (Lipinski definition) is 3. The Balaban J connectivity index is 1.47. The Morgan fingerprint density at radius 1 is 1.07 bits per heavy atom. The lowest BCUT2D eigenvalue weighted by Gasteiger charge is -2.41. The zero-order valence-corrected chi connectivity index (χ0v) is 17.3. The first-order valence-corrected chi connectivity index (χ1v) is 10.3. The number of carbonyl (C=O) groups excluding carboxylic acids is 1. The molecule has 0 bridgehead atoms. The van der Waals surface area contributed by atoms with Crippen LogP contribution in [0.25, 0.3) is 0 Å². The third-order valence-corrected chi connectivity index (χ3v) is 5.96. The zero-order chi connectivity index (χ0) is 19.6. The van der Waals surface area contributed by atoms with Gasteiger partial charge in [-0.1, -0.05) is 11.6 Å². The van der Waals surface area contributed by atoms with Crippen molar-refractivity contribution >= 4 is 23.4 Å². The smallest absolute Gasteiger partial charge is 0.410 e. The van der Waals surface area contributed by atoms with E-state index in [9.17, 15) is 9.18 Å². The summed E-state index contributed by atoms with van der Waals surface area (Å²) in [5.41, 5.74) is 0.559. The summed E-state index contributed by atoms with van der Waals surface area (Å²) in [6.07, 6.45) is 4.17. The van der Waals surface area contributed by atoms with Gasteiger partial charge in [-0.25, -0.2) is 9.18 Å². The number of piperidine rings is 2. The van der Waals surface area contributed by atoms with Crippen LogP contribution in [0.4, 0.5) is 14.9 Å². The van der Waals surface area contributed by atoms with E-state index in [1.165, 1.54) is 6.07 Å². The van der Waals surface area contributed by atoms with Crippen LogP contribution in [0.15, 0.2) is 18.2 Å². The van der Waals surface area contributed by atoms with Crippen LogP contribution in [-0.2, 0) is 4.74 Å². The van der Waals surface area contributed by atoms with Crippen molar-refractivity contribution in [2.24, 2.45) is 11.8 Å². The van der Waals surface area contributed by atoms with Crippen LogP contribution in [0.5, 0.6) is 0 Å². The number of carbonyl (C=O) groups is 1. The maximum Gasteiger partial charge on any atom is 0.410 e. The van der Waals surface area contributed by atoms with Gasteiger partial charge < -0.3 is 14.5 Å². The second kappa shape index (κ2) is 8.26. The Kier molecular flexibility index (Phi) is 6.19. The minimum atomic E-state index is -0.440. The van der Waals surface area contributed by atoms with Crippen LogP contribution < -0.4 is 4.90 Å². The van der Waals surface area contributed by atoms with Gasteiger partial charge >= 0.3 is 6.09 Å². The van der Waals surface area contributed by atoms with Crippen LogP contribution in [-0.4, -0.2) is 42.8 Å². The molecule has 0 N–H and O–H groups in total. The van der Waals surface area contributed by atoms with Gasteiger partial charge in [-0.15, -0.1) is 0 Å². The Hall–Kier alpha value is -1.49. The average molecular weight is 397 g/mol. The standard InChI is InChI=1S/C21H30ClFN2O2/c1-21(2,3)27-20(26)25-12-8-16(9-13-25)15-6-10-24(11-7-15)17-4-5-19(23)18(22)14-17/h4-5,14-16H,6-13H2,1-3H3. The van der Waals surface area contributed by atoms with E-state index >= 15 is 0 Å². The molecule has 2 saturated heterocycles. The van der Waals surface area contributed by atoms with E-state index in [1.54, 1.807) is 12.1 Å². The lowest BCUT2D eigenvalue weighted by molar-refractivity contribution is 0.0152. The number of amides is 1. The van der Waals surface area contributed by atoms with Gasteiger partial charge in [0.2, 0.25) is 0 Å². The molecule has 6 heteroatoms. The molecule has 4 nitrogen and oxygen atoms in total. The first-order chi connectivity index (χ1) is 12.7. The van der Waals surface area contributed by atoms with Gasteiger partial charge in [0.1, 0.15) is 11.4 Å². The highest BCUT2D eigenvalue weighted by Crippen LogP contribution is 2.34. The number of nitrogens with zero attached hydrogens (tertiary/aromatic N) is 2. The molecule has 150 valence electrons. The third-order valence-electron chi connectivity index (χ3n) is 5.67. The molecule has 0 atom stereocenters. The maximum atomic E-state index is 13.4. The highest BCUT2D eigenvalue weighted by Gasteiger charge is 2.32. The number of rotatable bonds is 2. The van der Waals surface area contributed by atoms with E-state index in [4.69, 9.17) is 16.3 Å². The van der Waals surface area contributed by atoms with Crippen molar-refractivity contribution in [2.45, 2.75) is 52.1 Å². The number of halogens is 2. The van der Waals surface area contributed by atoms with Gasteiger partial charge in [-0.05, 0) is 76.5 Å². The summed E-state index contributed by atoms with van der Waals surface area (Å²) < 4.78 is 18.8. The fourth-order valence-electron chi connectivity index (χ4n) is 4.19. The normalized spacial score (nSPS) is 20.0. The summed E-state index contributed by atoms with van der Waals surface area (Å²) in [5.74, 6) is 0.993. The van der Waals surface area contributed by atoms with Crippen LogP contribution in [0, 0.1) is 17.7 Å². The lowest BCUT2D eigenvalue weighted by Crippen LogP contribution is -2.44. The Morgan fingerprint density at radius 3 is 2.15 bits per heavy atom. The second-order valence-electron chi connectivity index (χ2n) is 8.73. The van der Waals surface area contributed by atoms with Crippen molar-refractivity contribution in [2.75, 3.05) is 31.1 Å². The minimum absolute atomic E-state index is 0.184. The molecule has 0 unspecified atom stereocenters.